The first-order chi connectivity index (χ1) is 12.8. The lowest BCUT2D eigenvalue weighted by Crippen LogP contribution is -2.13. The van der Waals surface area contributed by atoms with Crippen LogP contribution >= 0.6 is 11.3 Å². The number of nitrogens with zero attached hydrogens (tertiary/aromatic N) is 1. The van der Waals surface area contributed by atoms with Gasteiger partial charge in [0, 0.05) is 11.3 Å². The zero-order chi connectivity index (χ0) is 19.6. The normalized spacial score (nSPS) is 11.3. The molecule has 27 heavy (non-hydrogen) atoms. The molecule has 140 valence electrons. The fourth-order valence-electron chi connectivity index (χ4n) is 2.73. The highest BCUT2D eigenvalue weighted by Gasteiger charge is 2.18. The quantitative estimate of drug-likeness (QED) is 0.634. The van der Waals surface area contributed by atoms with Crippen molar-refractivity contribution in [3.63, 3.8) is 0 Å². The smallest absolute Gasteiger partial charge is 0.267 e. The molecule has 0 atom stereocenters. The second kappa shape index (κ2) is 7.53. The highest BCUT2D eigenvalue weighted by molar-refractivity contribution is 7.17. The summed E-state index contributed by atoms with van der Waals surface area (Å²) in [6, 6.07) is 15.7. The van der Waals surface area contributed by atoms with Crippen LogP contribution in [-0.2, 0) is 5.41 Å². The summed E-state index contributed by atoms with van der Waals surface area (Å²) in [6.45, 7) is 8.36. The Morgan fingerprint density at radius 1 is 1.11 bits per heavy atom. The van der Waals surface area contributed by atoms with E-state index in [4.69, 9.17) is 4.74 Å². The molecule has 0 spiro atoms. The molecule has 0 aliphatic heterocycles. The van der Waals surface area contributed by atoms with Gasteiger partial charge in [-0.25, -0.2) is 4.98 Å². The van der Waals surface area contributed by atoms with Gasteiger partial charge < -0.3 is 10.1 Å². The lowest BCUT2D eigenvalue weighted by molar-refractivity contribution is 0.103. The second-order valence-corrected chi connectivity index (χ2v) is 8.45. The SMILES string of the molecule is COc1cccc(-c2nc(C)c(C(=O)Nc3ccc(C(C)(C)C)cc3)s2)c1. The Balaban J connectivity index is 1.80. The van der Waals surface area contributed by atoms with Gasteiger partial charge in [-0.15, -0.1) is 11.3 Å². The summed E-state index contributed by atoms with van der Waals surface area (Å²) in [5.74, 6) is 0.632. The van der Waals surface area contributed by atoms with Gasteiger partial charge in [-0.3, -0.25) is 4.79 Å². The average molecular weight is 381 g/mol. The van der Waals surface area contributed by atoms with Crippen LogP contribution in [0, 0.1) is 6.92 Å². The van der Waals surface area contributed by atoms with Gasteiger partial charge in [0.1, 0.15) is 15.6 Å². The van der Waals surface area contributed by atoms with Crippen molar-refractivity contribution in [2.45, 2.75) is 33.1 Å². The third kappa shape index (κ3) is 4.37. The molecule has 5 heteroatoms. The maximum absolute atomic E-state index is 12.7. The van der Waals surface area contributed by atoms with Crippen LogP contribution in [-0.4, -0.2) is 18.0 Å². The predicted molar refractivity (Wildman–Crippen MR) is 112 cm³/mol. The number of amides is 1. The molecule has 3 rings (SSSR count). The molecule has 2 aromatic carbocycles. The Kier molecular flexibility index (Phi) is 5.33. The van der Waals surface area contributed by atoms with Gasteiger partial charge in [-0.05, 0) is 42.2 Å². The van der Waals surface area contributed by atoms with E-state index in [1.165, 1.54) is 16.9 Å². The minimum absolute atomic E-state index is 0.0858. The first kappa shape index (κ1) is 19.1. The summed E-state index contributed by atoms with van der Waals surface area (Å²) < 4.78 is 5.27. The standard InChI is InChI=1S/C22H24N2O2S/c1-14-19(27-21(23-14)15-7-6-8-18(13-15)26-5)20(25)24-17-11-9-16(10-12-17)22(2,3)4/h6-13H,1-5H3,(H,24,25). The highest BCUT2D eigenvalue weighted by Crippen LogP contribution is 2.31. The Morgan fingerprint density at radius 3 is 2.44 bits per heavy atom. The number of hydrogen-bond acceptors (Lipinski definition) is 4. The van der Waals surface area contributed by atoms with E-state index in [1.54, 1.807) is 7.11 Å². The molecular formula is C22H24N2O2S. The molecule has 4 nitrogen and oxygen atoms in total. The van der Waals surface area contributed by atoms with Gasteiger partial charge in [0.05, 0.1) is 12.8 Å². The van der Waals surface area contributed by atoms with Crippen LogP contribution in [0.4, 0.5) is 5.69 Å². The number of hydrogen-bond donors (Lipinski definition) is 1. The Bertz CT molecular complexity index is 953. The molecule has 0 aliphatic rings. The third-order valence-corrected chi connectivity index (χ3v) is 5.53. The summed E-state index contributed by atoms with van der Waals surface area (Å²) >= 11 is 1.39. The number of carbonyl (C=O) groups excluding carboxylic acids is 1. The largest absolute Gasteiger partial charge is 0.497 e. The van der Waals surface area contributed by atoms with E-state index in [0.717, 1.165) is 27.7 Å². The predicted octanol–water partition coefficient (Wildman–Crippen LogP) is 5.68. The van der Waals surface area contributed by atoms with E-state index in [2.05, 4.69) is 43.2 Å². The topological polar surface area (TPSA) is 51.2 Å². The van der Waals surface area contributed by atoms with E-state index in [9.17, 15) is 4.79 Å². The van der Waals surface area contributed by atoms with Crippen LogP contribution < -0.4 is 10.1 Å². The monoisotopic (exact) mass is 380 g/mol. The number of rotatable bonds is 4. The summed E-state index contributed by atoms with van der Waals surface area (Å²) in [4.78, 5) is 17.9. The van der Waals surface area contributed by atoms with Gasteiger partial charge in [0.2, 0.25) is 0 Å². The van der Waals surface area contributed by atoms with Crippen molar-refractivity contribution in [1.29, 1.82) is 0 Å². The molecule has 0 unspecified atom stereocenters. The van der Waals surface area contributed by atoms with Crippen molar-refractivity contribution in [2.24, 2.45) is 0 Å². The second-order valence-electron chi connectivity index (χ2n) is 7.45. The van der Waals surface area contributed by atoms with Crippen molar-refractivity contribution in [1.82, 2.24) is 4.98 Å². The first-order valence-corrected chi connectivity index (χ1v) is 9.63. The molecular weight excluding hydrogens is 356 g/mol. The minimum Gasteiger partial charge on any atom is -0.497 e. The Morgan fingerprint density at radius 2 is 1.81 bits per heavy atom. The molecule has 1 aromatic heterocycles. The van der Waals surface area contributed by atoms with Gasteiger partial charge >= 0.3 is 0 Å². The lowest BCUT2D eigenvalue weighted by Gasteiger charge is -2.19. The first-order valence-electron chi connectivity index (χ1n) is 8.81. The fraction of sp³-hybridized carbons (Fsp3) is 0.273. The van der Waals surface area contributed by atoms with Crippen molar-refractivity contribution in [2.75, 3.05) is 12.4 Å². The van der Waals surface area contributed by atoms with Crippen molar-refractivity contribution in [3.8, 4) is 16.3 Å². The van der Waals surface area contributed by atoms with Crippen molar-refractivity contribution in [3.05, 3.63) is 64.7 Å². The summed E-state index contributed by atoms with van der Waals surface area (Å²) in [5.41, 5.74) is 3.76. The zero-order valence-corrected chi connectivity index (χ0v) is 17.1. The van der Waals surface area contributed by atoms with E-state index in [-0.39, 0.29) is 11.3 Å². The molecule has 1 amide bonds. The molecule has 0 radical (unpaired) electrons. The molecule has 0 fully saturated rings. The number of ether oxygens (including phenoxy) is 1. The van der Waals surface area contributed by atoms with E-state index in [0.29, 0.717) is 4.88 Å². The zero-order valence-electron chi connectivity index (χ0n) is 16.3. The fourth-order valence-corrected chi connectivity index (χ4v) is 3.69. The number of aryl methyl sites for hydroxylation is 1. The molecule has 1 N–H and O–H groups in total. The van der Waals surface area contributed by atoms with Crippen molar-refractivity contribution >= 4 is 22.9 Å². The molecule has 0 aliphatic carbocycles. The number of carbonyl (C=O) groups is 1. The highest BCUT2D eigenvalue weighted by atomic mass is 32.1. The van der Waals surface area contributed by atoms with Gasteiger partial charge in [-0.1, -0.05) is 45.0 Å². The number of anilines is 1. The van der Waals surface area contributed by atoms with Crippen LogP contribution in [0.1, 0.15) is 41.7 Å². The molecule has 0 bridgehead atoms. The summed E-state index contributed by atoms with van der Waals surface area (Å²) in [5, 5.41) is 3.78. The maximum Gasteiger partial charge on any atom is 0.267 e. The molecule has 0 saturated carbocycles. The van der Waals surface area contributed by atoms with E-state index < -0.39 is 0 Å². The van der Waals surface area contributed by atoms with Gasteiger partial charge in [-0.2, -0.15) is 0 Å². The van der Waals surface area contributed by atoms with E-state index >= 15 is 0 Å². The third-order valence-electron chi connectivity index (χ3n) is 4.33. The number of benzene rings is 2. The molecule has 3 aromatic rings. The van der Waals surface area contributed by atoms with Crippen molar-refractivity contribution < 1.29 is 9.53 Å². The minimum atomic E-state index is -0.136. The average Bonchev–Trinajstić information content (AvgIpc) is 3.03. The van der Waals surface area contributed by atoms with Crippen LogP contribution in [0.2, 0.25) is 0 Å². The number of methoxy groups -OCH3 is 1. The van der Waals surface area contributed by atoms with Crippen LogP contribution in [0.15, 0.2) is 48.5 Å². The van der Waals surface area contributed by atoms with Crippen LogP contribution in [0.5, 0.6) is 5.75 Å². The van der Waals surface area contributed by atoms with Gasteiger partial charge in [0.25, 0.3) is 5.91 Å². The summed E-state index contributed by atoms with van der Waals surface area (Å²) in [7, 11) is 1.63. The molecule has 1 heterocycles. The van der Waals surface area contributed by atoms with E-state index in [1.807, 2.05) is 43.3 Å². The maximum atomic E-state index is 12.7. The van der Waals surface area contributed by atoms with Gasteiger partial charge in [0.15, 0.2) is 0 Å². The Hall–Kier alpha value is -2.66. The van der Waals surface area contributed by atoms with Crippen LogP contribution in [0.3, 0.4) is 0 Å². The van der Waals surface area contributed by atoms with Crippen LogP contribution in [0.25, 0.3) is 10.6 Å². The molecule has 0 saturated heterocycles. The number of nitrogens with one attached hydrogen (secondary N) is 1. The summed E-state index contributed by atoms with van der Waals surface area (Å²) in [6.07, 6.45) is 0. The number of thiazole rings is 1. The number of aromatic nitrogens is 1. The lowest BCUT2D eigenvalue weighted by atomic mass is 9.87. The Labute approximate surface area is 164 Å².